The van der Waals surface area contributed by atoms with Crippen molar-refractivity contribution in [2.45, 2.75) is 33.2 Å². The van der Waals surface area contributed by atoms with E-state index in [4.69, 9.17) is 10.5 Å². The molecule has 0 bridgehead atoms. The molecule has 0 spiro atoms. The number of carbonyl (C=O) groups is 1. The molecule has 1 aromatic carbocycles. The highest BCUT2D eigenvalue weighted by Crippen LogP contribution is 2.25. The zero-order valence-electron chi connectivity index (χ0n) is 15.6. The second-order valence-electron chi connectivity index (χ2n) is 6.00. The number of ether oxygens (including phenoxy) is 1. The average Bonchev–Trinajstić information content (AvgIpc) is 2.64. The molecular formula is C18H22BrFN4O4. The second-order valence-corrected chi connectivity index (χ2v) is 6.85. The van der Waals surface area contributed by atoms with Crippen LogP contribution in [0.5, 0.6) is 5.75 Å². The third-order valence-electron chi connectivity index (χ3n) is 4.08. The Balaban J connectivity index is 2.29. The Morgan fingerprint density at radius 1 is 1.36 bits per heavy atom. The highest BCUT2D eigenvalue weighted by atomic mass is 79.9. The number of carbonyl (C=O) groups excluding carboxylic acids is 1. The van der Waals surface area contributed by atoms with Gasteiger partial charge in [0, 0.05) is 13.1 Å². The zero-order valence-corrected chi connectivity index (χ0v) is 17.2. The summed E-state index contributed by atoms with van der Waals surface area (Å²) in [6.07, 6.45) is 1.52. The van der Waals surface area contributed by atoms with E-state index in [1.807, 2.05) is 6.92 Å². The minimum Gasteiger partial charge on any atom is -0.483 e. The summed E-state index contributed by atoms with van der Waals surface area (Å²) in [5, 5.41) is 0. The summed E-state index contributed by atoms with van der Waals surface area (Å²) in [7, 11) is 0. The molecule has 10 heteroatoms. The van der Waals surface area contributed by atoms with Crippen molar-refractivity contribution in [2.75, 3.05) is 23.8 Å². The highest BCUT2D eigenvalue weighted by molar-refractivity contribution is 9.10. The predicted molar refractivity (Wildman–Crippen MR) is 108 cm³/mol. The van der Waals surface area contributed by atoms with Crippen LogP contribution in [-0.2, 0) is 11.3 Å². The number of anilines is 2. The van der Waals surface area contributed by atoms with E-state index in [0.29, 0.717) is 17.4 Å². The Bertz CT molecular complexity index is 973. The summed E-state index contributed by atoms with van der Waals surface area (Å²) < 4.78 is 20.2. The lowest BCUT2D eigenvalue weighted by atomic mass is 10.3. The number of hydrogen-bond donors (Lipinski definition) is 2. The summed E-state index contributed by atoms with van der Waals surface area (Å²) >= 11 is 3.16. The van der Waals surface area contributed by atoms with Crippen molar-refractivity contribution in [2.24, 2.45) is 0 Å². The molecule has 8 nitrogen and oxygen atoms in total. The fraction of sp³-hybridized carbons (Fsp3) is 0.389. The van der Waals surface area contributed by atoms with E-state index in [2.05, 4.69) is 20.9 Å². The molecule has 0 atom stereocenters. The number of amides is 1. The Morgan fingerprint density at radius 3 is 2.68 bits per heavy atom. The van der Waals surface area contributed by atoms with Crippen LogP contribution in [0.15, 0.2) is 32.3 Å². The van der Waals surface area contributed by atoms with Gasteiger partial charge in [-0.3, -0.25) is 19.1 Å². The van der Waals surface area contributed by atoms with E-state index in [1.54, 1.807) is 6.92 Å². The molecule has 0 aliphatic carbocycles. The predicted octanol–water partition coefficient (Wildman–Crippen LogP) is 2.25. The first kappa shape index (κ1) is 21.7. The van der Waals surface area contributed by atoms with E-state index < -0.39 is 29.6 Å². The first-order valence-electron chi connectivity index (χ1n) is 8.80. The van der Waals surface area contributed by atoms with Gasteiger partial charge in [-0.2, -0.15) is 0 Å². The quantitative estimate of drug-likeness (QED) is 0.632. The van der Waals surface area contributed by atoms with Gasteiger partial charge in [0.25, 0.3) is 11.5 Å². The largest absolute Gasteiger partial charge is 0.483 e. The van der Waals surface area contributed by atoms with Gasteiger partial charge in [0.05, 0.1) is 4.47 Å². The minimum atomic E-state index is -0.742. The van der Waals surface area contributed by atoms with Gasteiger partial charge in [0.2, 0.25) is 0 Å². The van der Waals surface area contributed by atoms with Crippen LogP contribution in [0.1, 0.15) is 26.7 Å². The van der Waals surface area contributed by atoms with Crippen molar-refractivity contribution >= 4 is 33.3 Å². The molecule has 0 radical (unpaired) electrons. The normalized spacial score (nSPS) is 10.7. The Hall–Kier alpha value is -2.62. The van der Waals surface area contributed by atoms with Gasteiger partial charge < -0.3 is 15.4 Å². The summed E-state index contributed by atoms with van der Waals surface area (Å²) in [5.41, 5.74) is 4.60. The fourth-order valence-corrected chi connectivity index (χ4v) is 3.11. The van der Waals surface area contributed by atoms with E-state index in [0.717, 1.165) is 11.3 Å². The topological polar surface area (TPSA) is 110 Å². The maximum Gasteiger partial charge on any atom is 0.330 e. The molecule has 2 rings (SSSR count). The molecule has 3 N–H and O–H groups in total. The van der Waals surface area contributed by atoms with E-state index >= 15 is 0 Å². The summed E-state index contributed by atoms with van der Waals surface area (Å²) in [6.45, 7) is 3.71. The SMILES string of the molecule is CCCCn1c(N)c(N(CC)C(=O)COc2ccc(F)cc2Br)c(=O)[nH]c1=O. The molecule has 0 aliphatic heterocycles. The molecule has 1 amide bonds. The monoisotopic (exact) mass is 456 g/mol. The van der Waals surface area contributed by atoms with Crippen LogP contribution < -0.4 is 26.6 Å². The number of rotatable bonds is 8. The maximum absolute atomic E-state index is 13.2. The van der Waals surface area contributed by atoms with Crippen LogP contribution in [0.3, 0.4) is 0 Å². The van der Waals surface area contributed by atoms with Gasteiger partial charge in [-0.05, 0) is 47.5 Å². The average molecular weight is 457 g/mol. The number of H-pyrrole nitrogens is 1. The Morgan fingerprint density at radius 2 is 2.07 bits per heavy atom. The lowest BCUT2D eigenvalue weighted by Crippen LogP contribution is -2.42. The highest BCUT2D eigenvalue weighted by Gasteiger charge is 2.23. The smallest absolute Gasteiger partial charge is 0.330 e. The Kier molecular flexibility index (Phi) is 7.38. The second kappa shape index (κ2) is 9.54. The molecule has 152 valence electrons. The third-order valence-corrected chi connectivity index (χ3v) is 4.70. The molecule has 1 aromatic heterocycles. The number of nitrogen functional groups attached to an aromatic ring is 1. The van der Waals surface area contributed by atoms with Gasteiger partial charge >= 0.3 is 5.69 Å². The molecule has 28 heavy (non-hydrogen) atoms. The summed E-state index contributed by atoms with van der Waals surface area (Å²) in [4.78, 5) is 40.4. The minimum absolute atomic E-state index is 0.0691. The first-order valence-corrected chi connectivity index (χ1v) is 9.60. The number of benzene rings is 1. The van der Waals surface area contributed by atoms with Crippen LogP contribution in [0.25, 0.3) is 0 Å². The van der Waals surface area contributed by atoms with E-state index in [-0.39, 0.29) is 23.8 Å². The number of unbranched alkanes of at least 4 members (excludes halogenated alkanes) is 1. The van der Waals surface area contributed by atoms with Crippen LogP contribution >= 0.6 is 15.9 Å². The van der Waals surface area contributed by atoms with E-state index in [1.165, 1.54) is 22.8 Å². The molecule has 0 saturated heterocycles. The molecule has 0 unspecified atom stereocenters. The standard InChI is InChI=1S/C18H22BrFN4O4/c1-3-5-8-24-16(21)15(17(26)22-18(24)27)23(4-2)14(25)10-28-13-7-6-11(20)9-12(13)19/h6-7,9H,3-5,8,10,21H2,1-2H3,(H,22,26,27). The summed E-state index contributed by atoms with van der Waals surface area (Å²) in [6, 6.07) is 3.80. The Labute approximate surface area is 169 Å². The van der Waals surface area contributed by atoms with Gasteiger partial charge in [0.15, 0.2) is 12.3 Å². The number of hydrogen-bond acceptors (Lipinski definition) is 5. The molecule has 2 aromatic rings. The number of nitrogens with two attached hydrogens (primary N) is 1. The van der Waals surface area contributed by atoms with Crippen molar-refractivity contribution in [1.29, 1.82) is 0 Å². The van der Waals surface area contributed by atoms with Crippen LogP contribution in [0, 0.1) is 5.82 Å². The number of aromatic amines is 1. The van der Waals surface area contributed by atoms with Crippen molar-refractivity contribution in [3.05, 3.63) is 49.3 Å². The maximum atomic E-state index is 13.2. The van der Waals surface area contributed by atoms with Crippen molar-refractivity contribution < 1.29 is 13.9 Å². The molecule has 1 heterocycles. The molecule has 0 aliphatic rings. The van der Waals surface area contributed by atoms with Crippen LogP contribution in [0.2, 0.25) is 0 Å². The van der Waals surface area contributed by atoms with E-state index in [9.17, 15) is 18.8 Å². The van der Waals surface area contributed by atoms with Crippen molar-refractivity contribution in [3.63, 3.8) is 0 Å². The number of nitrogens with one attached hydrogen (secondary N) is 1. The van der Waals surface area contributed by atoms with Gasteiger partial charge in [0.1, 0.15) is 17.4 Å². The van der Waals surface area contributed by atoms with Crippen molar-refractivity contribution in [3.8, 4) is 5.75 Å². The summed E-state index contributed by atoms with van der Waals surface area (Å²) in [5.74, 6) is -0.771. The first-order chi connectivity index (χ1) is 13.3. The van der Waals surface area contributed by atoms with Crippen LogP contribution in [0.4, 0.5) is 15.9 Å². The van der Waals surface area contributed by atoms with Gasteiger partial charge in [-0.25, -0.2) is 9.18 Å². The van der Waals surface area contributed by atoms with Crippen molar-refractivity contribution in [1.82, 2.24) is 9.55 Å². The van der Waals surface area contributed by atoms with Gasteiger partial charge in [-0.1, -0.05) is 13.3 Å². The number of halogens is 2. The molecule has 0 saturated carbocycles. The van der Waals surface area contributed by atoms with Gasteiger partial charge in [-0.15, -0.1) is 0 Å². The third kappa shape index (κ3) is 4.80. The lowest BCUT2D eigenvalue weighted by Gasteiger charge is -2.23. The molecule has 0 fully saturated rings. The number of aromatic nitrogens is 2. The lowest BCUT2D eigenvalue weighted by molar-refractivity contribution is -0.120. The fourth-order valence-electron chi connectivity index (χ4n) is 2.65. The zero-order chi connectivity index (χ0) is 20.8. The van der Waals surface area contributed by atoms with Crippen LogP contribution in [-0.4, -0.2) is 28.6 Å². The number of nitrogens with zero attached hydrogens (tertiary/aromatic N) is 2. The number of likely N-dealkylation sites (N-methyl/N-ethyl adjacent to an activating group) is 1. The molecular weight excluding hydrogens is 435 g/mol.